The molecule has 3 N–H and O–H groups in total. The standard InChI is InChI=1S/C21H21F3N6O3/c1-32-8-7-29-6-5-13(11-29)20(31)26-10-18-27-19(28-33-18)17-9-14-15(25)3-2-4-16(14)30(17)12-21(22,23)24/h2-6,9,11H,7-8,10,12,25H2,1H3,(H,26,31). The molecule has 12 heteroatoms. The number of anilines is 1. The minimum Gasteiger partial charge on any atom is -0.398 e. The fraction of sp³-hybridized carbons (Fsp3) is 0.286. The minimum atomic E-state index is -4.47. The molecule has 0 aliphatic heterocycles. The Morgan fingerprint density at radius 3 is 2.88 bits per heavy atom. The molecule has 174 valence electrons. The summed E-state index contributed by atoms with van der Waals surface area (Å²) in [6.07, 6.45) is -1.04. The van der Waals surface area contributed by atoms with Gasteiger partial charge in [-0.3, -0.25) is 4.79 Å². The SMILES string of the molecule is COCCn1ccc(C(=O)NCc2nc(-c3cc4c(N)cccc4n3CC(F)(F)F)no2)c1. The summed E-state index contributed by atoms with van der Waals surface area (Å²) >= 11 is 0. The zero-order valence-corrected chi connectivity index (χ0v) is 17.6. The summed E-state index contributed by atoms with van der Waals surface area (Å²) in [5, 5.41) is 6.91. The van der Waals surface area contributed by atoms with E-state index in [9.17, 15) is 18.0 Å². The second kappa shape index (κ2) is 8.98. The average molecular weight is 462 g/mol. The number of ether oxygens (including phenoxy) is 1. The van der Waals surface area contributed by atoms with Gasteiger partial charge in [0.2, 0.25) is 11.7 Å². The highest BCUT2D eigenvalue weighted by molar-refractivity contribution is 5.95. The number of aromatic nitrogens is 4. The average Bonchev–Trinajstić information content (AvgIpc) is 3.49. The first-order chi connectivity index (χ1) is 15.7. The van der Waals surface area contributed by atoms with E-state index in [2.05, 4.69) is 15.5 Å². The van der Waals surface area contributed by atoms with Gasteiger partial charge in [0.25, 0.3) is 5.91 Å². The zero-order valence-electron chi connectivity index (χ0n) is 17.6. The summed E-state index contributed by atoms with van der Waals surface area (Å²) in [6, 6.07) is 7.87. The normalized spacial score (nSPS) is 11.9. The van der Waals surface area contributed by atoms with E-state index in [0.29, 0.717) is 35.3 Å². The van der Waals surface area contributed by atoms with Gasteiger partial charge in [0.15, 0.2) is 0 Å². The van der Waals surface area contributed by atoms with Crippen LogP contribution in [0.1, 0.15) is 16.2 Å². The number of benzene rings is 1. The van der Waals surface area contributed by atoms with Crippen LogP contribution in [-0.4, -0.2) is 45.1 Å². The second-order valence-corrected chi connectivity index (χ2v) is 7.34. The maximum Gasteiger partial charge on any atom is 0.406 e. The number of halogens is 3. The molecule has 3 heterocycles. The van der Waals surface area contributed by atoms with Crippen molar-refractivity contribution in [3.05, 3.63) is 54.2 Å². The number of carbonyl (C=O) groups is 1. The van der Waals surface area contributed by atoms with Crippen LogP contribution in [0.15, 0.2) is 47.2 Å². The molecule has 0 aliphatic rings. The highest BCUT2D eigenvalue weighted by Gasteiger charge is 2.31. The number of hydrogen-bond acceptors (Lipinski definition) is 6. The Morgan fingerprint density at radius 2 is 2.12 bits per heavy atom. The van der Waals surface area contributed by atoms with Crippen LogP contribution >= 0.6 is 0 Å². The van der Waals surface area contributed by atoms with E-state index in [0.717, 1.165) is 4.57 Å². The summed E-state index contributed by atoms with van der Waals surface area (Å²) in [5.41, 5.74) is 7.12. The van der Waals surface area contributed by atoms with Crippen LogP contribution in [-0.2, 0) is 24.4 Å². The largest absolute Gasteiger partial charge is 0.406 e. The minimum absolute atomic E-state index is 0.0372. The summed E-state index contributed by atoms with van der Waals surface area (Å²) in [7, 11) is 1.59. The number of methoxy groups -OCH3 is 1. The molecule has 0 spiro atoms. The van der Waals surface area contributed by atoms with Crippen LogP contribution in [0.4, 0.5) is 18.9 Å². The summed E-state index contributed by atoms with van der Waals surface area (Å²) in [5.74, 6) is -0.344. The van der Waals surface area contributed by atoms with E-state index >= 15 is 0 Å². The van der Waals surface area contributed by atoms with Gasteiger partial charge in [0.05, 0.1) is 29.9 Å². The molecule has 3 aromatic heterocycles. The monoisotopic (exact) mass is 462 g/mol. The van der Waals surface area contributed by atoms with Gasteiger partial charge in [-0.2, -0.15) is 18.2 Å². The highest BCUT2D eigenvalue weighted by atomic mass is 19.4. The van der Waals surface area contributed by atoms with Crippen molar-refractivity contribution >= 4 is 22.5 Å². The number of hydrogen-bond donors (Lipinski definition) is 2. The number of nitrogens with zero attached hydrogens (tertiary/aromatic N) is 4. The first kappa shape index (κ1) is 22.4. The number of nitrogens with one attached hydrogen (secondary N) is 1. The number of rotatable bonds is 8. The van der Waals surface area contributed by atoms with Crippen LogP contribution in [0.3, 0.4) is 0 Å². The van der Waals surface area contributed by atoms with Crippen LogP contribution in [0, 0.1) is 0 Å². The fourth-order valence-electron chi connectivity index (χ4n) is 3.44. The van der Waals surface area contributed by atoms with Crippen molar-refractivity contribution in [3.63, 3.8) is 0 Å². The Labute approximate surface area is 185 Å². The molecule has 4 aromatic rings. The van der Waals surface area contributed by atoms with Crippen molar-refractivity contribution < 1.29 is 27.2 Å². The molecule has 0 bridgehead atoms. The molecule has 9 nitrogen and oxygen atoms in total. The van der Waals surface area contributed by atoms with Gasteiger partial charge in [-0.1, -0.05) is 11.2 Å². The number of carbonyl (C=O) groups excluding carboxylic acids is 1. The molecule has 0 unspecified atom stereocenters. The summed E-state index contributed by atoms with van der Waals surface area (Å²) < 4.78 is 52.7. The van der Waals surface area contributed by atoms with Crippen molar-refractivity contribution in [1.29, 1.82) is 0 Å². The number of nitrogen functional groups attached to an aromatic ring is 1. The molecule has 4 rings (SSSR count). The molecule has 0 radical (unpaired) electrons. The summed E-state index contributed by atoms with van der Waals surface area (Å²) in [6.45, 7) is -0.211. The lowest BCUT2D eigenvalue weighted by molar-refractivity contribution is -0.139. The Hall–Kier alpha value is -3.80. The van der Waals surface area contributed by atoms with E-state index in [1.807, 2.05) is 4.57 Å². The van der Waals surface area contributed by atoms with E-state index < -0.39 is 12.7 Å². The maximum atomic E-state index is 13.2. The lowest BCUT2D eigenvalue weighted by atomic mass is 10.2. The van der Waals surface area contributed by atoms with Crippen molar-refractivity contribution in [1.82, 2.24) is 24.6 Å². The van der Waals surface area contributed by atoms with Gasteiger partial charge in [0, 0.05) is 37.1 Å². The predicted octanol–water partition coefficient (Wildman–Crippen LogP) is 3.21. The number of fused-ring (bicyclic) bond motifs is 1. The Morgan fingerprint density at radius 1 is 1.30 bits per heavy atom. The fourth-order valence-corrected chi connectivity index (χ4v) is 3.44. The van der Waals surface area contributed by atoms with E-state index in [4.69, 9.17) is 15.0 Å². The third kappa shape index (κ3) is 5.00. The predicted molar refractivity (Wildman–Crippen MR) is 113 cm³/mol. The molecular formula is C21H21F3N6O3. The molecule has 0 saturated carbocycles. The highest BCUT2D eigenvalue weighted by Crippen LogP contribution is 2.32. The van der Waals surface area contributed by atoms with Crippen LogP contribution in [0.5, 0.6) is 0 Å². The first-order valence-corrected chi connectivity index (χ1v) is 9.95. The van der Waals surface area contributed by atoms with E-state index in [1.165, 1.54) is 6.07 Å². The molecule has 1 amide bonds. The number of amides is 1. The zero-order chi connectivity index (χ0) is 23.6. The first-order valence-electron chi connectivity index (χ1n) is 9.95. The Balaban J connectivity index is 1.52. The van der Waals surface area contributed by atoms with E-state index in [1.54, 1.807) is 43.8 Å². The molecule has 33 heavy (non-hydrogen) atoms. The Kier molecular flexibility index (Phi) is 6.09. The lowest BCUT2D eigenvalue weighted by Crippen LogP contribution is -2.22. The van der Waals surface area contributed by atoms with Crippen molar-refractivity contribution in [2.45, 2.75) is 25.8 Å². The van der Waals surface area contributed by atoms with Crippen molar-refractivity contribution in [3.8, 4) is 11.5 Å². The van der Waals surface area contributed by atoms with Gasteiger partial charge in [-0.15, -0.1) is 0 Å². The van der Waals surface area contributed by atoms with Gasteiger partial charge in [0.1, 0.15) is 6.54 Å². The van der Waals surface area contributed by atoms with Gasteiger partial charge in [-0.05, 0) is 24.3 Å². The quantitative estimate of drug-likeness (QED) is 0.389. The van der Waals surface area contributed by atoms with E-state index in [-0.39, 0.29) is 29.9 Å². The Bertz CT molecular complexity index is 1270. The molecule has 0 fully saturated rings. The molecular weight excluding hydrogens is 441 g/mol. The van der Waals surface area contributed by atoms with Crippen LogP contribution < -0.4 is 11.1 Å². The molecule has 1 aromatic carbocycles. The van der Waals surface area contributed by atoms with Crippen molar-refractivity contribution in [2.75, 3.05) is 19.5 Å². The number of nitrogens with two attached hydrogens (primary N) is 1. The topological polar surface area (TPSA) is 113 Å². The van der Waals surface area contributed by atoms with Gasteiger partial charge < -0.3 is 29.4 Å². The van der Waals surface area contributed by atoms with Crippen LogP contribution in [0.25, 0.3) is 22.4 Å². The smallest absolute Gasteiger partial charge is 0.398 e. The van der Waals surface area contributed by atoms with Crippen molar-refractivity contribution in [2.24, 2.45) is 0 Å². The van der Waals surface area contributed by atoms with Gasteiger partial charge >= 0.3 is 6.18 Å². The van der Waals surface area contributed by atoms with Crippen LogP contribution in [0.2, 0.25) is 0 Å². The molecule has 0 atom stereocenters. The number of alkyl halides is 3. The molecule has 0 aliphatic carbocycles. The third-order valence-electron chi connectivity index (χ3n) is 4.98. The summed E-state index contributed by atoms with van der Waals surface area (Å²) in [4.78, 5) is 16.5. The maximum absolute atomic E-state index is 13.2. The lowest BCUT2D eigenvalue weighted by Gasteiger charge is -2.11. The van der Waals surface area contributed by atoms with Gasteiger partial charge in [-0.25, -0.2) is 0 Å². The second-order valence-electron chi connectivity index (χ2n) is 7.34. The third-order valence-corrected chi connectivity index (χ3v) is 4.98. The molecule has 0 saturated heterocycles.